The highest BCUT2D eigenvalue weighted by molar-refractivity contribution is 5.85. The summed E-state index contributed by atoms with van der Waals surface area (Å²) in [5.74, 6) is 1.06. The number of pyridine rings is 1. The zero-order chi connectivity index (χ0) is 20.4. The fourth-order valence-corrected chi connectivity index (χ4v) is 6.07. The van der Waals surface area contributed by atoms with Crippen molar-refractivity contribution in [3.63, 3.8) is 0 Å². The average Bonchev–Trinajstić information content (AvgIpc) is 3.17. The number of likely N-dealkylation sites (N-methyl/N-ethyl adjacent to an activating group) is 1. The van der Waals surface area contributed by atoms with Crippen LogP contribution in [0.15, 0.2) is 16.9 Å². The third-order valence-corrected chi connectivity index (χ3v) is 7.48. The number of aromatic nitrogens is 1. The van der Waals surface area contributed by atoms with Crippen LogP contribution in [-0.4, -0.2) is 72.9 Å². The van der Waals surface area contributed by atoms with Gasteiger partial charge in [-0.05, 0) is 45.3 Å². The summed E-state index contributed by atoms with van der Waals surface area (Å²) in [6, 6.07) is 4.28. The summed E-state index contributed by atoms with van der Waals surface area (Å²) in [7, 11) is 4.10. The van der Waals surface area contributed by atoms with Crippen molar-refractivity contribution in [1.82, 2.24) is 19.7 Å². The molecule has 0 spiro atoms. The normalized spacial score (nSPS) is 24.4. The van der Waals surface area contributed by atoms with Gasteiger partial charge in [-0.1, -0.05) is 18.9 Å². The molecule has 31 heavy (non-hydrogen) atoms. The highest BCUT2D eigenvalue weighted by Crippen LogP contribution is 2.38. The van der Waals surface area contributed by atoms with Crippen molar-refractivity contribution in [1.29, 1.82) is 0 Å². The van der Waals surface area contributed by atoms with Crippen molar-refractivity contribution in [2.75, 3.05) is 53.4 Å². The first-order valence-electron chi connectivity index (χ1n) is 11.4. The van der Waals surface area contributed by atoms with E-state index in [-0.39, 0.29) is 42.4 Å². The maximum atomic E-state index is 13.3. The van der Waals surface area contributed by atoms with E-state index in [1.165, 1.54) is 25.0 Å². The molecular formula is C23H40Cl2N4O2. The molecule has 0 aromatic carbocycles. The summed E-state index contributed by atoms with van der Waals surface area (Å²) in [5, 5.41) is 13.2. The van der Waals surface area contributed by atoms with E-state index in [9.17, 15) is 9.90 Å². The molecule has 0 unspecified atom stereocenters. The molecule has 1 saturated carbocycles. The van der Waals surface area contributed by atoms with Crippen LogP contribution < -0.4 is 10.9 Å². The molecule has 2 fully saturated rings. The molecule has 4 rings (SSSR count). The van der Waals surface area contributed by atoms with E-state index in [0.29, 0.717) is 18.4 Å². The van der Waals surface area contributed by atoms with Crippen LogP contribution in [0.3, 0.4) is 0 Å². The molecular weight excluding hydrogens is 435 g/mol. The lowest BCUT2D eigenvalue weighted by Crippen LogP contribution is -2.49. The van der Waals surface area contributed by atoms with Crippen LogP contribution in [0, 0.1) is 11.3 Å². The van der Waals surface area contributed by atoms with Crippen molar-refractivity contribution in [3.8, 4) is 0 Å². The highest BCUT2D eigenvalue weighted by atomic mass is 35.5. The molecule has 2 aliphatic heterocycles. The topological polar surface area (TPSA) is 60.7 Å². The SMILES string of the molecule is CNCCN1C[C@@H]2C[C@H](C1)c1ccc(CN(C)CC3(CO)CCCC3)c(=O)n1C2.Cl.Cl. The predicted octanol–water partition coefficient (Wildman–Crippen LogP) is 2.31. The van der Waals surface area contributed by atoms with Crippen LogP contribution >= 0.6 is 24.8 Å². The summed E-state index contributed by atoms with van der Waals surface area (Å²) in [5.41, 5.74) is 2.37. The molecule has 1 saturated heterocycles. The van der Waals surface area contributed by atoms with Gasteiger partial charge in [-0.25, -0.2) is 0 Å². The Morgan fingerprint density at radius 1 is 1.19 bits per heavy atom. The first kappa shape index (κ1) is 26.6. The van der Waals surface area contributed by atoms with Crippen molar-refractivity contribution < 1.29 is 5.11 Å². The van der Waals surface area contributed by atoms with E-state index in [4.69, 9.17) is 0 Å². The largest absolute Gasteiger partial charge is 0.396 e. The Labute approximate surface area is 199 Å². The van der Waals surface area contributed by atoms with E-state index in [2.05, 4.69) is 38.9 Å². The molecule has 1 aromatic heterocycles. The monoisotopic (exact) mass is 474 g/mol. The van der Waals surface area contributed by atoms with Crippen molar-refractivity contribution >= 4 is 24.8 Å². The number of hydrogen-bond donors (Lipinski definition) is 2. The van der Waals surface area contributed by atoms with Gasteiger partial charge in [-0.15, -0.1) is 24.8 Å². The molecule has 2 bridgehead atoms. The van der Waals surface area contributed by atoms with E-state index in [1.807, 2.05) is 7.05 Å². The zero-order valence-corrected chi connectivity index (χ0v) is 20.6. The first-order chi connectivity index (χ1) is 14.0. The molecule has 6 nitrogen and oxygen atoms in total. The summed E-state index contributed by atoms with van der Waals surface area (Å²) in [4.78, 5) is 18.1. The number of fused-ring (bicyclic) bond motifs is 4. The maximum absolute atomic E-state index is 13.3. The van der Waals surface area contributed by atoms with Crippen LogP contribution in [0.5, 0.6) is 0 Å². The second-order valence-electron chi connectivity index (χ2n) is 9.90. The average molecular weight is 476 g/mol. The standard InChI is InChI=1S/C23H38N4O2.2ClH/c1-24-9-10-26-12-18-11-20(15-26)21-6-5-19(22(29)27(21)13-18)14-25(2)16-23(17-28)7-3-4-8-23;;/h5-6,18,20,24,28H,3-4,7-17H2,1-2H3;2*1H/t18-,20+;;/m0../s1. The van der Waals surface area contributed by atoms with Crippen molar-refractivity contribution in [2.24, 2.45) is 11.3 Å². The molecule has 2 N–H and O–H groups in total. The predicted molar refractivity (Wildman–Crippen MR) is 131 cm³/mol. The summed E-state index contributed by atoms with van der Waals surface area (Å²) < 4.78 is 2.08. The third kappa shape index (κ3) is 5.84. The number of nitrogens with one attached hydrogen (secondary N) is 1. The molecule has 8 heteroatoms. The molecule has 0 amide bonds. The number of rotatable bonds is 8. The van der Waals surface area contributed by atoms with Crippen LogP contribution in [0.4, 0.5) is 0 Å². The molecule has 0 radical (unpaired) electrons. The molecule has 3 heterocycles. The number of hydrogen-bond acceptors (Lipinski definition) is 5. The number of piperidine rings is 1. The van der Waals surface area contributed by atoms with Gasteiger partial charge in [0.25, 0.3) is 5.56 Å². The Morgan fingerprint density at radius 3 is 2.61 bits per heavy atom. The first-order valence-corrected chi connectivity index (χ1v) is 11.4. The number of nitrogens with zero attached hydrogens (tertiary/aromatic N) is 3. The lowest BCUT2D eigenvalue weighted by molar-refractivity contribution is 0.0859. The second-order valence-corrected chi connectivity index (χ2v) is 9.90. The maximum Gasteiger partial charge on any atom is 0.255 e. The molecule has 1 aromatic rings. The van der Waals surface area contributed by atoms with Gasteiger partial charge in [-0.3, -0.25) is 4.79 Å². The minimum Gasteiger partial charge on any atom is -0.396 e. The summed E-state index contributed by atoms with van der Waals surface area (Å²) >= 11 is 0. The lowest BCUT2D eigenvalue weighted by atomic mass is 9.83. The van der Waals surface area contributed by atoms with E-state index >= 15 is 0 Å². The number of halogens is 2. The van der Waals surface area contributed by atoms with Gasteiger partial charge in [-0.2, -0.15) is 0 Å². The second kappa shape index (κ2) is 11.5. The van der Waals surface area contributed by atoms with Crippen LogP contribution in [0.1, 0.15) is 49.3 Å². The smallest absolute Gasteiger partial charge is 0.255 e. The van der Waals surface area contributed by atoms with Gasteiger partial charge in [0.05, 0.1) is 0 Å². The van der Waals surface area contributed by atoms with E-state index in [1.54, 1.807) is 0 Å². The molecule has 1 aliphatic carbocycles. The third-order valence-electron chi connectivity index (χ3n) is 7.48. The number of aliphatic hydroxyl groups is 1. The minimum atomic E-state index is 0. The fourth-order valence-electron chi connectivity index (χ4n) is 6.07. The molecule has 178 valence electrons. The Bertz CT molecular complexity index is 766. The highest BCUT2D eigenvalue weighted by Gasteiger charge is 2.36. The summed E-state index contributed by atoms with van der Waals surface area (Å²) in [6.45, 7) is 6.94. The van der Waals surface area contributed by atoms with Gasteiger partial charge in [0.2, 0.25) is 0 Å². The Morgan fingerprint density at radius 2 is 1.94 bits per heavy atom. The number of likely N-dealkylation sites (tertiary alicyclic amines) is 1. The van der Waals surface area contributed by atoms with Crippen molar-refractivity contribution in [3.05, 3.63) is 33.7 Å². The van der Waals surface area contributed by atoms with E-state index < -0.39 is 0 Å². The van der Waals surface area contributed by atoms with Crippen LogP contribution in [0.2, 0.25) is 0 Å². The quantitative estimate of drug-likeness (QED) is 0.605. The van der Waals surface area contributed by atoms with Crippen molar-refractivity contribution in [2.45, 2.75) is 51.1 Å². The molecule has 2 atom stereocenters. The van der Waals surface area contributed by atoms with Gasteiger partial charge >= 0.3 is 0 Å². The fraction of sp³-hybridized carbons (Fsp3) is 0.783. The Balaban J connectivity index is 0.00000171. The van der Waals surface area contributed by atoms with Crippen LogP contribution in [-0.2, 0) is 13.1 Å². The Hall–Kier alpha value is -0.630. The van der Waals surface area contributed by atoms with E-state index in [0.717, 1.165) is 57.7 Å². The number of aliphatic hydroxyl groups excluding tert-OH is 1. The summed E-state index contributed by atoms with van der Waals surface area (Å²) in [6.07, 6.45) is 5.84. The lowest BCUT2D eigenvalue weighted by Gasteiger charge is -2.43. The van der Waals surface area contributed by atoms with Gasteiger partial charge < -0.3 is 24.8 Å². The molecule has 3 aliphatic rings. The van der Waals surface area contributed by atoms with Gasteiger partial charge in [0.1, 0.15) is 0 Å². The Kier molecular flexibility index (Phi) is 9.86. The zero-order valence-electron chi connectivity index (χ0n) is 19.0. The minimum absolute atomic E-state index is 0. The van der Waals surface area contributed by atoms with Gasteiger partial charge in [0, 0.05) is 75.0 Å². The van der Waals surface area contributed by atoms with Gasteiger partial charge in [0.15, 0.2) is 0 Å². The van der Waals surface area contributed by atoms with Crippen LogP contribution in [0.25, 0.3) is 0 Å².